The van der Waals surface area contributed by atoms with Gasteiger partial charge in [0.2, 0.25) is 0 Å². The zero-order valence-electron chi connectivity index (χ0n) is 15.8. The molecule has 0 fully saturated rings. The standard InChI is InChI=1S/C21H24Cl2N2OS/c1-4-21(2,3)11-8-9-12-15(10-11)27-20-16(12)19(26)24-18(25-20)17-13(22)6-5-7-14(17)23/h5-7,11,18,25H,4,8-10H2,1-3H3,(H,24,26)/t11-,18-/m0/s1. The van der Waals surface area contributed by atoms with Crippen LogP contribution in [-0.4, -0.2) is 5.91 Å². The quantitative estimate of drug-likeness (QED) is 0.596. The molecular formula is C21H24Cl2N2OS. The third-order valence-electron chi connectivity index (χ3n) is 6.35. The van der Waals surface area contributed by atoms with Crippen molar-refractivity contribution in [2.75, 3.05) is 5.32 Å². The third-order valence-corrected chi connectivity index (χ3v) is 8.19. The van der Waals surface area contributed by atoms with Gasteiger partial charge in [-0.1, -0.05) is 56.5 Å². The van der Waals surface area contributed by atoms with Gasteiger partial charge >= 0.3 is 0 Å². The maximum absolute atomic E-state index is 12.9. The summed E-state index contributed by atoms with van der Waals surface area (Å²) >= 11 is 14.4. The molecule has 144 valence electrons. The molecule has 2 aliphatic rings. The fourth-order valence-corrected chi connectivity index (χ4v) is 6.15. The first-order valence-corrected chi connectivity index (χ1v) is 11.0. The predicted octanol–water partition coefficient (Wildman–Crippen LogP) is 6.45. The number of nitrogens with one attached hydrogen (secondary N) is 2. The highest BCUT2D eigenvalue weighted by atomic mass is 35.5. The highest BCUT2D eigenvalue weighted by Gasteiger charge is 2.37. The van der Waals surface area contributed by atoms with Gasteiger partial charge in [-0.25, -0.2) is 0 Å². The van der Waals surface area contributed by atoms with Crippen LogP contribution in [0, 0.1) is 11.3 Å². The van der Waals surface area contributed by atoms with Crippen LogP contribution in [0.25, 0.3) is 0 Å². The highest BCUT2D eigenvalue weighted by Crippen LogP contribution is 2.47. The third kappa shape index (κ3) is 3.26. The number of anilines is 1. The van der Waals surface area contributed by atoms with E-state index < -0.39 is 6.17 Å². The molecule has 0 saturated heterocycles. The zero-order chi connectivity index (χ0) is 19.3. The van der Waals surface area contributed by atoms with Gasteiger partial charge in [0, 0.05) is 20.5 Å². The van der Waals surface area contributed by atoms with Gasteiger partial charge in [-0.3, -0.25) is 4.79 Å². The zero-order valence-corrected chi connectivity index (χ0v) is 18.1. The molecule has 4 rings (SSSR count). The fourth-order valence-electron chi connectivity index (χ4n) is 4.18. The molecule has 0 spiro atoms. The van der Waals surface area contributed by atoms with Crippen LogP contribution in [-0.2, 0) is 12.8 Å². The molecule has 2 heterocycles. The van der Waals surface area contributed by atoms with E-state index in [9.17, 15) is 4.79 Å². The Labute approximate surface area is 174 Å². The number of thiophene rings is 1. The molecule has 2 atom stereocenters. The van der Waals surface area contributed by atoms with Crippen LogP contribution in [0.3, 0.4) is 0 Å². The number of rotatable bonds is 3. The van der Waals surface area contributed by atoms with Crippen molar-refractivity contribution in [3.63, 3.8) is 0 Å². The first kappa shape index (κ1) is 19.1. The van der Waals surface area contributed by atoms with Crippen molar-refractivity contribution >= 4 is 45.4 Å². The molecule has 27 heavy (non-hydrogen) atoms. The lowest BCUT2D eigenvalue weighted by Gasteiger charge is -2.36. The molecule has 1 aliphatic carbocycles. The summed E-state index contributed by atoms with van der Waals surface area (Å²) in [5, 5.41) is 8.56. The first-order chi connectivity index (χ1) is 12.8. The summed E-state index contributed by atoms with van der Waals surface area (Å²) in [4.78, 5) is 14.3. The van der Waals surface area contributed by atoms with Crippen LogP contribution in [0.1, 0.15) is 66.1 Å². The molecule has 2 N–H and O–H groups in total. The summed E-state index contributed by atoms with van der Waals surface area (Å²) in [5.41, 5.74) is 3.09. The van der Waals surface area contributed by atoms with E-state index in [-0.39, 0.29) is 5.91 Å². The fraction of sp³-hybridized carbons (Fsp3) is 0.476. The monoisotopic (exact) mass is 422 g/mol. The van der Waals surface area contributed by atoms with E-state index in [1.165, 1.54) is 16.9 Å². The van der Waals surface area contributed by atoms with Gasteiger partial charge in [0.1, 0.15) is 11.2 Å². The number of hydrogen-bond donors (Lipinski definition) is 2. The highest BCUT2D eigenvalue weighted by molar-refractivity contribution is 7.16. The second kappa shape index (κ2) is 6.98. The molecule has 1 aromatic carbocycles. The average Bonchev–Trinajstić information content (AvgIpc) is 2.99. The van der Waals surface area contributed by atoms with Gasteiger partial charge in [-0.2, -0.15) is 0 Å². The summed E-state index contributed by atoms with van der Waals surface area (Å²) < 4.78 is 0. The second-order valence-corrected chi connectivity index (χ2v) is 10.1. The number of fused-ring (bicyclic) bond motifs is 3. The van der Waals surface area contributed by atoms with Gasteiger partial charge in [-0.15, -0.1) is 11.3 Å². The van der Waals surface area contributed by atoms with Crippen molar-refractivity contribution < 1.29 is 4.79 Å². The largest absolute Gasteiger partial charge is 0.353 e. The van der Waals surface area contributed by atoms with Crippen molar-refractivity contribution in [1.82, 2.24) is 5.32 Å². The number of halogens is 2. The van der Waals surface area contributed by atoms with E-state index in [1.807, 2.05) is 6.07 Å². The van der Waals surface area contributed by atoms with Crippen LogP contribution in [0.2, 0.25) is 10.0 Å². The number of carbonyl (C=O) groups is 1. The molecule has 0 radical (unpaired) electrons. The number of carbonyl (C=O) groups excluding carboxylic acids is 1. The Bertz CT molecular complexity index is 886. The van der Waals surface area contributed by atoms with E-state index >= 15 is 0 Å². The molecule has 1 aliphatic heterocycles. The van der Waals surface area contributed by atoms with Gasteiger partial charge in [0.15, 0.2) is 0 Å². The van der Waals surface area contributed by atoms with Crippen LogP contribution in [0.5, 0.6) is 0 Å². The predicted molar refractivity (Wildman–Crippen MR) is 114 cm³/mol. The van der Waals surface area contributed by atoms with Crippen LogP contribution in [0.4, 0.5) is 5.00 Å². The lowest BCUT2D eigenvalue weighted by Crippen LogP contribution is -2.38. The van der Waals surface area contributed by atoms with Crippen LogP contribution in [0.15, 0.2) is 18.2 Å². The lowest BCUT2D eigenvalue weighted by molar-refractivity contribution is 0.0934. The van der Waals surface area contributed by atoms with Gasteiger partial charge in [-0.05, 0) is 48.3 Å². The Morgan fingerprint density at radius 1 is 1.22 bits per heavy atom. The minimum Gasteiger partial charge on any atom is -0.353 e. The first-order valence-electron chi connectivity index (χ1n) is 9.47. The van der Waals surface area contributed by atoms with Crippen molar-refractivity contribution in [2.45, 2.75) is 52.6 Å². The smallest absolute Gasteiger partial charge is 0.256 e. The maximum atomic E-state index is 12.9. The Morgan fingerprint density at radius 3 is 2.59 bits per heavy atom. The minimum atomic E-state index is -0.408. The summed E-state index contributed by atoms with van der Waals surface area (Å²) in [6, 6.07) is 5.40. The molecule has 2 aromatic rings. The van der Waals surface area contributed by atoms with Gasteiger partial charge in [0.05, 0.1) is 5.56 Å². The second-order valence-electron chi connectivity index (χ2n) is 8.18. The molecule has 0 unspecified atom stereocenters. The van der Waals surface area contributed by atoms with Gasteiger partial charge < -0.3 is 10.6 Å². The summed E-state index contributed by atoms with van der Waals surface area (Å²) in [6.07, 6.45) is 3.94. The molecule has 1 aromatic heterocycles. The molecular weight excluding hydrogens is 399 g/mol. The van der Waals surface area contributed by atoms with E-state index in [4.69, 9.17) is 23.2 Å². The summed E-state index contributed by atoms with van der Waals surface area (Å²) in [6.45, 7) is 6.98. The summed E-state index contributed by atoms with van der Waals surface area (Å²) in [5.74, 6) is 0.627. The van der Waals surface area contributed by atoms with E-state index in [1.54, 1.807) is 23.5 Å². The molecule has 1 amide bonds. The number of benzene rings is 1. The molecule has 3 nitrogen and oxygen atoms in total. The minimum absolute atomic E-state index is 0.0320. The topological polar surface area (TPSA) is 41.1 Å². The Hall–Kier alpha value is -1.23. The number of amides is 1. The van der Waals surface area contributed by atoms with E-state index in [0.29, 0.717) is 21.4 Å². The average molecular weight is 423 g/mol. The molecule has 0 saturated carbocycles. The van der Waals surface area contributed by atoms with Crippen molar-refractivity contribution in [3.05, 3.63) is 49.8 Å². The van der Waals surface area contributed by atoms with Crippen molar-refractivity contribution in [2.24, 2.45) is 11.3 Å². The van der Waals surface area contributed by atoms with E-state index in [0.717, 1.165) is 35.4 Å². The van der Waals surface area contributed by atoms with Crippen molar-refractivity contribution in [3.8, 4) is 0 Å². The number of hydrogen-bond acceptors (Lipinski definition) is 3. The Morgan fingerprint density at radius 2 is 1.93 bits per heavy atom. The van der Waals surface area contributed by atoms with Crippen molar-refractivity contribution in [1.29, 1.82) is 0 Å². The molecule has 0 bridgehead atoms. The van der Waals surface area contributed by atoms with Crippen LogP contribution < -0.4 is 10.6 Å². The lowest BCUT2D eigenvalue weighted by atomic mass is 9.69. The Balaban J connectivity index is 1.67. The van der Waals surface area contributed by atoms with Gasteiger partial charge in [0.25, 0.3) is 5.91 Å². The Kier molecular flexibility index (Phi) is 4.94. The normalized spacial score (nSPS) is 21.9. The SMILES string of the molecule is CCC(C)(C)[C@H]1CCc2c(sc3c2C(=O)N[C@H](c2c(Cl)cccc2Cl)N3)C1. The molecule has 6 heteroatoms. The van der Waals surface area contributed by atoms with E-state index in [2.05, 4.69) is 31.4 Å². The maximum Gasteiger partial charge on any atom is 0.256 e. The summed E-state index contributed by atoms with van der Waals surface area (Å²) in [7, 11) is 0. The van der Waals surface area contributed by atoms with Crippen LogP contribution >= 0.6 is 34.5 Å².